The molecule has 0 fully saturated rings. The Bertz CT molecular complexity index is 792. The van der Waals surface area contributed by atoms with Gasteiger partial charge >= 0.3 is 0 Å². The quantitative estimate of drug-likeness (QED) is 0.833. The van der Waals surface area contributed by atoms with E-state index in [4.69, 9.17) is 4.74 Å². The third kappa shape index (κ3) is 4.61. The number of nitrogens with zero attached hydrogens (tertiary/aromatic N) is 4. The number of anilines is 1. The lowest BCUT2D eigenvalue weighted by atomic mass is 10.2. The number of ether oxygens (including phenoxy) is 1. The van der Waals surface area contributed by atoms with E-state index >= 15 is 0 Å². The zero-order chi connectivity index (χ0) is 18.4. The molecule has 136 valence electrons. The lowest BCUT2D eigenvalue weighted by molar-refractivity contribution is 0.174. The van der Waals surface area contributed by atoms with Crippen molar-refractivity contribution in [3.8, 4) is 0 Å². The minimum Gasteiger partial charge on any atom is -0.477 e. The van der Waals surface area contributed by atoms with Crippen LogP contribution in [0.3, 0.4) is 0 Å². The predicted molar refractivity (Wildman–Crippen MR) is 106 cm³/mol. The molecule has 1 unspecified atom stereocenters. The molecule has 0 bridgehead atoms. The molecule has 0 saturated carbocycles. The maximum atomic E-state index is 6.02. The van der Waals surface area contributed by atoms with E-state index in [0.717, 1.165) is 29.5 Å². The van der Waals surface area contributed by atoms with Crippen LogP contribution in [0, 0.1) is 6.92 Å². The molecular formula is C20H25N5O. The minimum absolute atomic E-state index is 0.211. The molecule has 26 heavy (non-hydrogen) atoms. The molecule has 0 radical (unpaired) electrons. The van der Waals surface area contributed by atoms with Gasteiger partial charge in [-0.15, -0.1) is 0 Å². The monoisotopic (exact) mass is 351 g/mol. The Balaban J connectivity index is 1.82. The van der Waals surface area contributed by atoms with Gasteiger partial charge in [-0.2, -0.15) is 5.10 Å². The third-order valence-corrected chi connectivity index (χ3v) is 3.95. The third-order valence-electron chi connectivity index (χ3n) is 3.95. The minimum atomic E-state index is -0.211. The van der Waals surface area contributed by atoms with Crippen LogP contribution in [0.15, 0.2) is 59.4 Å². The number of aromatic nitrogens is 2. The van der Waals surface area contributed by atoms with Crippen LogP contribution in [0.4, 0.5) is 5.82 Å². The highest BCUT2D eigenvalue weighted by Crippen LogP contribution is 2.25. The topological polar surface area (TPSA) is 56.8 Å². The molecule has 1 aromatic heterocycles. The van der Waals surface area contributed by atoms with E-state index in [9.17, 15) is 0 Å². The Morgan fingerprint density at radius 2 is 2.08 bits per heavy atom. The van der Waals surface area contributed by atoms with E-state index in [0.29, 0.717) is 6.61 Å². The first kappa shape index (κ1) is 17.9. The number of aromatic amines is 1. The summed E-state index contributed by atoms with van der Waals surface area (Å²) in [7, 11) is 4.06. The van der Waals surface area contributed by atoms with E-state index in [2.05, 4.69) is 44.4 Å². The van der Waals surface area contributed by atoms with E-state index in [-0.39, 0.29) is 6.17 Å². The average molecular weight is 351 g/mol. The zero-order valence-electron chi connectivity index (χ0n) is 15.5. The summed E-state index contributed by atoms with van der Waals surface area (Å²) in [4.78, 5) is 8.69. The second-order valence-electron chi connectivity index (χ2n) is 6.42. The SMILES string of the molecule is Cc1cc(N2C(OCCN(C)C)=CC=NC2C=Cc2ccccc2)n[nH]1. The largest absolute Gasteiger partial charge is 0.477 e. The van der Waals surface area contributed by atoms with E-state index in [1.54, 1.807) is 6.21 Å². The molecule has 6 nitrogen and oxygen atoms in total. The number of hydrogen-bond acceptors (Lipinski definition) is 5. The van der Waals surface area contributed by atoms with Crippen LogP contribution >= 0.6 is 0 Å². The van der Waals surface area contributed by atoms with Crippen LogP contribution in [0.5, 0.6) is 0 Å². The summed E-state index contributed by atoms with van der Waals surface area (Å²) in [6, 6.07) is 12.2. The second-order valence-corrected chi connectivity index (χ2v) is 6.42. The highest BCUT2D eigenvalue weighted by molar-refractivity contribution is 5.76. The molecule has 1 aromatic carbocycles. The molecule has 1 N–H and O–H groups in total. The lowest BCUT2D eigenvalue weighted by Crippen LogP contribution is -2.36. The Morgan fingerprint density at radius 1 is 1.27 bits per heavy atom. The molecule has 0 spiro atoms. The number of aliphatic imine (C=N–C) groups is 1. The van der Waals surface area contributed by atoms with Crippen molar-refractivity contribution in [1.82, 2.24) is 15.1 Å². The maximum absolute atomic E-state index is 6.02. The molecule has 1 aliphatic rings. The summed E-state index contributed by atoms with van der Waals surface area (Å²) in [5, 5.41) is 7.40. The fraction of sp³-hybridized carbons (Fsp3) is 0.300. The number of likely N-dealkylation sites (N-methyl/N-ethyl adjacent to an activating group) is 1. The first-order valence-corrected chi connectivity index (χ1v) is 8.69. The van der Waals surface area contributed by atoms with Gasteiger partial charge in [0.1, 0.15) is 12.8 Å². The van der Waals surface area contributed by atoms with Crippen molar-refractivity contribution in [2.75, 3.05) is 32.1 Å². The Kier molecular flexibility index (Phi) is 5.86. The maximum Gasteiger partial charge on any atom is 0.198 e. The molecule has 2 heterocycles. The van der Waals surface area contributed by atoms with E-state index in [1.165, 1.54) is 0 Å². The Labute approximate surface area is 154 Å². The molecule has 0 aliphatic carbocycles. The number of rotatable bonds is 7. The number of nitrogens with one attached hydrogen (secondary N) is 1. The van der Waals surface area contributed by atoms with Gasteiger partial charge in [-0.25, -0.2) is 0 Å². The van der Waals surface area contributed by atoms with Crippen LogP contribution in [-0.2, 0) is 4.74 Å². The number of hydrogen-bond donors (Lipinski definition) is 1. The fourth-order valence-electron chi connectivity index (χ4n) is 2.60. The normalized spacial score (nSPS) is 17.2. The summed E-state index contributed by atoms with van der Waals surface area (Å²) in [6.07, 6.45) is 7.58. The highest BCUT2D eigenvalue weighted by atomic mass is 16.5. The predicted octanol–water partition coefficient (Wildman–Crippen LogP) is 3.07. The van der Waals surface area contributed by atoms with Crippen LogP contribution in [-0.4, -0.2) is 54.7 Å². The van der Waals surface area contributed by atoms with Crippen molar-refractivity contribution < 1.29 is 4.74 Å². The van der Waals surface area contributed by atoms with Crippen molar-refractivity contribution in [2.45, 2.75) is 13.1 Å². The molecule has 1 atom stereocenters. The summed E-state index contributed by atoms with van der Waals surface area (Å²) in [5.74, 6) is 1.54. The van der Waals surface area contributed by atoms with Crippen molar-refractivity contribution in [1.29, 1.82) is 0 Å². The molecule has 3 rings (SSSR count). The average Bonchev–Trinajstić information content (AvgIpc) is 3.06. The first-order chi connectivity index (χ1) is 12.6. The first-order valence-electron chi connectivity index (χ1n) is 8.69. The fourth-order valence-corrected chi connectivity index (χ4v) is 2.60. The zero-order valence-corrected chi connectivity index (χ0v) is 15.5. The standard InChI is InChI=1S/C20H25N5O/c1-16-15-19(23-22-16)25-18(10-9-17-7-5-4-6-8-17)21-12-11-20(25)26-14-13-24(2)3/h4-12,15,18H,13-14H2,1-3H3,(H,22,23). The van der Waals surface area contributed by atoms with Crippen molar-refractivity contribution in [3.05, 3.63) is 65.7 Å². The van der Waals surface area contributed by atoms with Gasteiger partial charge in [0.25, 0.3) is 0 Å². The molecule has 0 amide bonds. The van der Waals surface area contributed by atoms with E-state index in [1.807, 2.05) is 56.3 Å². The van der Waals surface area contributed by atoms with E-state index < -0.39 is 0 Å². The van der Waals surface area contributed by atoms with Crippen molar-refractivity contribution >= 4 is 18.1 Å². The van der Waals surface area contributed by atoms with Crippen LogP contribution in [0.2, 0.25) is 0 Å². The lowest BCUT2D eigenvalue weighted by Gasteiger charge is -2.31. The molecule has 6 heteroatoms. The van der Waals surface area contributed by atoms with Gasteiger partial charge < -0.3 is 9.64 Å². The second kappa shape index (κ2) is 8.49. The van der Waals surface area contributed by atoms with Crippen LogP contribution < -0.4 is 4.90 Å². The van der Waals surface area contributed by atoms with Gasteiger partial charge in [0, 0.05) is 30.6 Å². The van der Waals surface area contributed by atoms with Crippen LogP contribution in [0.1, 0.15) is 11.3 Å². The van der Waals surface area contributed by atoms with Crippen LogP contribution in [0.25, 0.3) is 6.08 Å². The highest BCUT2D eigenvalue weighted by Gasteiger charge is 2.25. The van der Waals surface area contributed by atoms with Gasteiger partial charge in [0.05, 0.1) is 0 Å². The summed E-state index contributed by atoms with van der Waals surface area (Å²) in [5.41, 5.74) is 2.12. The number of H-pyrrole nitrogens is 1. The number of allylic oxidation sites excluding steroid dienone is 1. The number of benzene rings is 1. The van der Waals surface area contributed by atoms with Gasteiger partial charge in [0.15, 0.2) is 11.7 Å². The molecule has 0 saturated heterocycles. The summed E-state index contributed by atoms with van der Waals surface area (Å²) < 4.78 is 6.02. The smallest absolute Gasteiger partial charge is 0.198 e. The molecule has 2 aromatic rings. The Hall–Kier alpha value is -2.86. The Morgan fingerprint density at radius 3 is 2.77 bits per heavy atom. The van der Waals surface area contributed by atoms with Gasteiger partial charge in [0.2, 0.25) is 0 Å². The van der Waals surface area contributed by atoms with Crippen molar-refractivity contribution in [2.24, 2.45) is 4.99 Å². The molecule has 1 aliphatic heterocycles. The summed E-state index contributed by atoms with van der Waals surface area (Å²) >= 11 is 0. The number of aryl methyl sites for hydroxylation is 1. The van der Waals surface area contributed by atoms with Gasteiger partial charge in [-0.3, -0.25) is 15.0 Å². The molecular weight excluding hydrogens is 326 g/mol. The van der Waals surface area contributed by atoms with Crippen molar-refractivity contribution in [3.63, 3.8) is 0 Å². The van der Waals surface area contributed by atoms with Gasteiger partial charge in [-0.1, -0.05) is 36.4 Å². The van der Waals surface area contributed by atoms with Gasteiger partial charge in [-0.05, 0) is 32.7 Å². The summed E-state index contributed by atoms with van der Waals surface area (Å²) in [6.45, 7) is 3.42.